The van der Waals surface area contributed by atoms with E-state index in [4.69, 9.17) is 17.0 Å². The Morgan fingerprint density at radius 3 is 2.08 bits per heavy atom. The number of morpholine rings is 1. The summed E-state index contributed by atoms with van der Waals surface area (Å²) in [6.45, 7) is 5.74. The molecule has 0 saturated carbocycles. The summed E-state index contributed by atoms with van der Waals surface area (Å²) in [5.41, 5.74) is 5.38. The first kappa shape index (κ1) is 17.7. The van der Waals surface area contributed by atoms with Crippen molar-refractivity contribution in [2.75, 3.05) is 44.4 Å². The Bertz CT molecular complexity index is 607. The van der Waals surface area contributed by atoms with Crippen LogP contribution in [0.5, 0.6) is 0 Å². The minimum Gasteiger partial charge on any atom is -0.370 e. The first-order valence-corrected chi connectivity index (χ1v) is 9.10. The molecule has 0 radical (unpaired) electrons. The van der Waals surface area contributed by atoms with Gasteiger partial charge in [-0.05, 0) is 36.5 Å². The molecule has 5 nitrogen and oxygen atoms in total. The lowest BCUT2D eigenvalue weighted by molar-refractivity contribution is -0.906. The summed E-state index contributed by atoms with van der Waals surface area (Å²) in [7, 11) is 0. The molecule has 0 spiro atoms. The highest BCUT2D eigenvalue weighted by Gasteiger charge is 2.14. The van der Waals surface area contributed by atoms with Gasteiger partial charge in [0.2, 0.25) is 0 Å². The number of ether oxygens (including phenoxy) is 1. The van der Waals surface area contributed by atoms with Gasteiger partial charge in [0.15, 0.2) is 5.11 Å². The molecule has 6 heteroatoms. The second-order valence-electron chi connectivity index (χ2n) is 5.99. The Morgan fingerprint density at radius 1 is 0.960 bits per heavy atom. The minimum atomic E-state index is 0.625. The molecule has 0 unspecified atom stereocenters. The highest BCUT2D eigenvalue weighted by atomic mass is 32.1. The lowest BCUT2D eigenvalue weighted by Crippen LogP contribution is -3.14. The highest BCUT2D eigenvalue weighted by Crippen LogP contribution is 2.22. The molecule has 0 atom stereocenters. The fraction of sp³-hybridized carbons (Fsp3) is 0.316. The minimum absolute atomic E-state index is 0.625. The second-order valence-corrected chi connectivity index (χ2v) is 6.39. The van der Waals surface area contributed by atoms with Gasteiger partial charge in [-0.25, -0.2) is 0 Å². The van der Waals surface area contributed by atoms with E-state index < -0.39 is 0 Å². The number of quaternary nitrogens is 1. The fourth-order valence-corrected chi connectivity index (χ4v) is 3.03. The molecule has 1 fully saturated rings. The molecular formula is C19H25N4OS+. The van der Waals surface area contributed by atoms with Gasteiger partial charge >= 0.3 is 0 Å². The standard InChI is InChI=1S/C19H24N4OS/c25-19(20-11-12-22-13-15-24-16-14-22)21-23(17-7-3-1-4-8-17)18-9-5-2-6-10-18/h1-10H,11-16H2,(H2,20,21,25)/p+1. The Balaban J connectivity index is 1.57. The van der Waals surface area contributed by atoms with Crippen molar-refractivity contribution in [2.24, 2.45) is 0 Å². The van der Waals surface area contributed by atoms with Crippen molar-refractivity contribution < 1.29 is 9.64 Å². The number of nitrogens with one attached hydrogen (secondary N) is 3. The number of rotatable bonds is 6. The fourth-order valence-electron chi connectivity index (χ4n) is 2.84. The van der Waals surface area contributed by atoms with Crippen LogP contribution in [0.2, 0.25) is 0 Å². The number of hydrogen-bond donors (Lipinski definition) is 3. The van der Waals surface area contributed by atoms with E-state index in [-0.39, 0.29) is 0 Å². The lowest BCUT2D eigenvalue weighted by atomic mass is 10.2. The molecule has 1 heterocycles. The maximum atomic E-state index is 5.50. The van der Waals surface area contributed by atoms with Crippen LogP contribution in [0.3, 0.4) is 0 Å². The van der Waals surface area contributed by atoms with Gasteiger partial charge in [-0.15, -0.1) is 0 Å². The maximum Gasteiger partial charge on any atom is 0.185 e. The van der Waals surface area contributed by atoms with Gasteiger partial charge < -0.3 is 15.0 Å². The van der Waals surface area contributed by atoms with E-state index in [2.05, 4.69) is 35.0 Å². The van der Waals surface area contributed by atoms with Crippen LogP contribution in [0.25, 0.3) is 0 Å². The third-order valence-corrected chi connectivity index (χ3v) is 4.44. The van der Waals surface area contributed by atoms with E-state index in [1.807, 2.05) is 41.4 Å². The van der Waals surface area contributed by atoms with Crippen LogP contribution in [0.4, 0.5) is 11.4 Å². The Hall–Kier alpha value is -2.15. The summed E-state index contributed by atoms with van der Waals surface area (Å²) in [4.78, 5) is 1.56. The van der Waals surface area contributed by atoms with Crippen LogP contribution in [-0.2, 0) is 4.74 Å². The topological polar surface area (TPSA) is 41.0 Å². The summed E-state index contributed by atoms with van der Waals surface area (Å²) in [6.07, 6.45) is 0. The molecule has 25 heavy (non-hydrogen) atoms. The van der Waals surface area contributed by atoms with E-state index >= 15 is 0 Å². The molecule has 0 bridgehead atoms. The maximum absolute atomic E-state index is 5.50. The number of hydrazine groups is 1. The van der Waals surface area contributed by atoms with E-state index in [0.29, 0.717) is 5.11 Å². The van der Waals surface area contributed by atoms with Crippen LogP contribution < -0.4 is 20.7 Å². The third kappa shape index (κ3) is 5.42. The number of thiocarbonyl (C=S) groups is 1. The molecular weight excluding hydrogens is 332 g/mol. The molecule has 1 aliphatic heterocycles. The zero-order chi connectivity index (χ0) is 17.3. The Kier molecular flexibility index (Phi) is 6.62. The summed E-state index contributed by atoms with van der Waals surface area (Å²) >= 11 is 5.50. The van der Waals surface area contributed by atoms with Crippen molar-refractivity contribution in [1.82, 2.24) is 10.7 Å². The first-order valence-electron chi connectivity index (χ1n) is 8.69. The summed E-state index contributed by atoms with van der Waals surface area (Å²) < 4.78 is 5.39. The number of anilines is 2. The molecule has 1 saturated heterocycles. The van der Waals surface area contributed by atoms with E-state index in [1.54, 1.807) is 4.90 Å². The summed E-state index contributed by atoms with van der Waals surface area (Å²) in [5, 5.41) is 5.94. The van der Waals surface area contributed by atoms with Gasteiger partial charge in [0.1, 0.15) is 13.1 Å². The van der Waals surface area contributed by atoms with Gasteiger partial charge in [-0.2, -0.15) is 0 Å². The van der Waals surface area contributed by atoms with Crippen LogP contribution >= 0.6 is 12.2 Å². The van der Waals surface area contributed by atoms with Gasteiger partial charge in [-0.1, -0.05) is 36.4 Å². The Morgan fingerprint density at radius 2 is 1.52 bits per heavy atom. The molecule has 132 valence electrons. The normalized spacial score (nSPS) is 14.7. The van der Waals surface area contributed by atoms with Crippen molar-refractivity contribution >= 4 is 28.7 Å². The van der Waals surface area contributed by atoms with E-state index in [1.165, 1.54) is 0 Å². The summed E-state index contributed by atoms with van der Waals surface area (Å²) in [6, 6.07) is 20.3. The van der Waals surface area contributed by atoms with E-state index in [9.17, 15) is 0 Å². The van der Waals surface area contributed by atoms with E-state index in [0.717, 1.165) is 50.8 Å². The summed E-state index contributed by atoms with van der Waals surface area (Å²) in [5.74, 6) is 0. The quantitative estimate of drug-likeness (QED) is 0.534. The molecule has 3 N–H and O–H groups in total. The Labute approximate surface area is 154 Å². The van der Waals surface area contributed by atoms with Crippen LogP contribution in [0.1, 0.15) is 0 Å². The third-order valence-electron chi connectivity index (χ3n) is 4.21. The first-order chi connectivity index (χ1) is 12.3. The smallest absolute Gasteiger partial charge is 0.185 e. The number of para-hydroxylation sites is 2. The highest BCUT2D eigenvalue weighted by molar-refractivity contribution is 7.80. The molecule has 1 aliphatic rings. The molecule has 3 rings (SSSR count). The average Bonchev–Trinajstić information content (AvgIpc) is 2.68. The van der Waals surface area contributed by atoms with Crippen LogP contribution in [-0.4, -0.2) is 44.5 Å². The van der Waals surface area contributed by atoms with Gasteiger partial charge in [0.25, 0.3) is 0 Å². The zero-order valence-corrected chi connectivity index (χ0v) is 15.1. The van der Waals surface area contributed by atoms with Gasteiger partial charge in [0.05, 0.1) is 37.7 Å². The van der Waals surface area contributed by atoms with Crippen molar-refractivity contribution in [1.29, 1.82) is 0 Å². The van der Waals surface area contributed by atoms with Crippen molar-refractivity contribution in [2.45, 2.75) is 0 Å². The predicted molar refractivity (Wildman–Crippen MR) is 105 cm³/mol. The predicted octanol–water partition coefficient (Wildman–Crippen LogP) is 1.12. The van der Waals surface area contributed by atoms with Crippen molar-refractivity contribution in [3.8, 4) is 0 Å². The van der Waals surface area contributed by atoms with Crippen LogP contribution in [0.15, 0.2) is 60.7 Å². The van der Waals surface area contributed by atoms with Crippen molar-refractivity contribution in [3.63, 3.8) is 0 Å². The van der Waals surface area contributed by atoms with Gasteiger partial charge in [-0.3, -0.25) is 10.4 Å². The number of benzene rings is 2. The monoisotopic (exact) mass is 357 g/mol. The van der Waals surface area contributed by atoms with Crippen LogP contribution in [0, 0.1) is 0 Å². The SMILES string of the molecule is S=C(NCC[NH+]1CCOCC1)NN(c1ccccc1)c1ccccc1. The van der Waals surface area contributed by atoms with Gasteiger partial charge in [0, 0.05) is 0 Å². The number of nitrogens with zero attached hydrogens (tertiary/aromatic N) is 1. The molecule has 0 aliphatic carbocycles. The largest absolute Gasteiger partial charge is 0.370 e. The molecule has 0 aromatic heterocycles. The lowest BCUT2D eigenvalue weighted by Gasteiger charge is -2.28. The molecule has 2 aromatic carbocycles. The van der Waals surface area contributed by atoms with Crippen molar-refractivity contribution in [3.05, 3.63) is 60.7 Å². The number of hydrogen-bond acceptors (Lipinski definition) is 3. The zero-order valence-electron chi connectivity index (χ0n) is 14.3. The average molecular weight is 358 g/mol. The second kappa shape index (κ2) is 9.36. The molecule has 2 aromatic rings. The molecule has 0 amide bonds.